The number of halogens is 2. The van der Waals surface area contributed by atoms with Gasteiger partial charge in [0.05, 0.1) is 23.1 Å². The van der Waals surface area contributed by atoms with Crippen LogP contribution in [0.25, 0.3) is 11.3 Å². The number of nitrogens with zero attached hydrogens (tertiary/aromatic N) is 7. The first-order valence-electron chi connectivity index (χ1n) is 22.0. The molecule has 16 heteroatoms. The molecule has 0 bridgehead atoms. The average Bonchev–Trinajstić information content (AvgIpc) is 3.91. The van der Waals surface area contributed by atoms with Crippen LogP contribution in [0.5, 0.6) is 0 Å². The second kappa shape index (κ2) is 18.6. The zero-order valence-corrected chi connectivity index (χ0v) is 35.3. The quantitative estimate of drug-likeness (QED) is 0.102. The Kier molecular flexibility index (Phi) is 13.0. The number of nitrogens with one attached hydrogen (secondary N) is 2. The molecule has 1 unspecified atom stereocenters. The number of carboxylic acid groups (broad SMARTS) is 1. The van der Waals surface area contributed by atoms with E-state index in [0.717, 1.165) is 119 Å². The molecule has 3 aliphatic heterocycles. The Balaban J connectivity index is 0.730. The number of unbranched alkanes of at least 4 members (excludes halogenated alkanes) is 4. The summed E-state index contributed by atoms with van der Waals surface area (Å²) in [5, 5.41) is 20.9. The molecule has 1 aromatic carbocycles. The maximum Gasteiger partial charge on any atom is 0.407 e. The van der Waals surface area contributed by atoms with Crippen molar-refractivity contribution in [2.24, 2.45) is 13.0 Å². The SMILES string of the molecule is Cn1ncc(-c2nc(NC3CCC(N(CCCCCCCN4CCC(c5cc(F)cc6c5CN(C5CCC(=O)NC5=O)C6=O)CC4)C(=O)O)CC3)ncc2Cl)c1CC1CC1. The number of amides is 4. The van der Waals surface area contributed by atoms with Gasteiger partial charge in [0.2, 0.25) is 17.8 Å². The van der Waals surface area contributed by atoms with Crippen molar-refractivity contribution in [2.45, 2.75) is 133 Å². The summed E-state index contributed by atoms with van der Waals surface area (Å²) in [7, 11) is 1.96. The number of piperidine rings is 2. The van der Waals surface area contributed by atoms with Gasteiger partial charge < -0.3 is 25.1 Å². The Morgan fingerprint density at radius 2 is 1.72 bits per heavy atom. The van der Waals surface area contributed by atoms with E-state index in [2.05, 4.69) is 25.6 Å². The predicted molar refractivity (Wildman–Crippen MR) is 224 cm³/mol. The molecule has 60 heavy (non-hydrogen) atoms. The van der Waals surface area contributed by atoms with Crippen molar-refractivity contribution in [3.63, 3.8) is 0 Å². The highest BCUT2D eigenvalue weighted by Crippen LogP contribution is 2.39. The summed E-state index contributed by atoms with van der Waals surface area (Å²) in [6, 6.07) is 2.29. The molecule has 2 saturated carbocycles. The number of rotatable bonds is 16. The molecule has 5 heterocycles. The third-order valence-corrected chi connectivity index (χ3v) is 13.8. The molecule has 322 valence electrons. The summed E-state index contributed by atoms with van der Waals surface area (Å²) in [5.41, 5.74) is 4.80. The maximum atomic E-state index is 14.8. The minimum Gasteiger partial charge on any atom is -0.465 e. The van der Waals surface area contributed by atoms with E-state index in [1.165, 1.54) is 23.8 Å². The molecule has 5 aliphatic rings. The molecule has 4 fully saturated rings. The highest BCUT2D eigenvalue weighted by Gasteiger charge is 2.41. The zero-order chi connectivity index (χ0) is 41.9. The molecule has 3 N–H and O–H groups in total. The van der Waals surface area contributed by atoms with E-state index in [-0.39, 0.29) is 49.2 Å². The van der Waals surface area contributed by atoms with Gasteiger partial charge in [0.25, 0.3) is 5.91 Å². The lowest BCUT2D eigenvalue weighted by molar-refractivity contribution is -0.136. The van der Waals surface area contributed by atoms with Crippen LogP contribution in [0, 0.1) is 11.7 Å². The van der Waals surface area contributed by atoms with Crippen LogP contribution in [0.4, 0.5) is 15.1 Å². The maximum absolute atomic E-state index is 14.8. The Morgan fingerprint density at radius 3 is 2.45 bits per heavy atom. The van der Waals surface area contributed by atoms with E-state index in [4.69, 9.17) is 16.6 Å². The van der Waals surface area contributed by atoms with Crippen molar-refractivity contribution in [3.8, 4) is 11.3 Å². The summed E-state index contributed by atoms with van der Waals surface area (Å²) in [6.45, 7) is 3.58. The number of imide groups is 1. The third-order valence-electron chi connectivity index (χ3n) is 13.5. The van der Waals surface area contributed by atoms with Crippen LogP contribution >= 0.6 is 11.6 Å². The molecular weight excluding hydrogens is 789 g/mol. The first-order chi connectivity index (χ1) is 29.0. The predicted octanol–water partition coefficient (Wildman–Crippen LogP) is 6.92. The van der Waals surface area contributed by atoms with Gasteiger partial charge in [0, 0.05) is 55.5 Å². The normalized spacial score (nSPS) is 22.6. The lowest BCUT2D eigenvalue weighted by Crippen LogP contribution is -2.52. The largest absolute Gasteiger partial charge is 0.465 e. The number of aromatic nitrogens is 4. The van der Waals surface area contributed by atoms with Crippen LogP contribution in [0.1, 0.15) is 129 Å². The minimum absolute atomic E-state index is 0.00347. The van der Waals surface area contributed by atoms with Crippen molar-refractivity contribution < 1.29 is 28.7 Å². The van der Waals surface area contributed by atoms with E-state index >= 15 is 0 Å². The highest BCUT2D eigenvalue weighted by molar-refractivity contribution is 6.33. The van der Waals surface area contributed by atoms with Crippen LogP contribution in [-0.4, -0.2) is 108 Å². The van der Waals surface area contributed by atoms with Crippen LogP contribution in [0.2, 0.25) is 5.02 Å². The van der Waals surface area contributed by atoms with E-state index in [0.29, 0.717) is 34.7 Å². The Labute approximate surface area is 355 Å². The van der Waals surface area contributed by atoms with Gasteiger partial charge in [-0.2, -0.15) is 5.10 Å². The molecule has 8 rings (SSSR count). The van der Waals surface area contributed by atoms with E-state index in [9.17, 15) is 28.7 Å². The van der Waals surface area contributed by atoms with Crippen molar-refractivity contribution in [1.29, 1.82) is 0 Å². The molecule has 4 amide bonds. The van der Waals surface area contributed by atoms with Crippen LogP contribution in [-0.2, 0) is 29.6 Å². The molecule has 14 nitrogen and oxygen atoms in total. The minimum atomic E-state index is -0.847. The van der Waals surface area contributed by atoms with Crippen LogP contribution in [0.15, 0.2) is 24.5 Å². The molecule has 3 aromatic rings. The number of likely N-dealkylation sites (tertiary alicyclic amines) is 1. The second-order valence-electron chi connectivity index (χ2n) is 17.6. The van der Waals surface area contributed by atoms with Gasteiger partial charge in [-0.15, -0.1) is 0 Å². The lowest BCUT2D eigenvalue weighted by atomic mass is 9.85. The van der Waals surface area contributed by atoms with E-state index in [1.807, 2.05) is 17.9 Å². The number of aryl methyl sites for hydroxylation is 1. The Bertz CT molecular complexity index is 2080. The number of hydrogen-bond donors (Lipinski definition) is 3. The van der Waals surface area contributed by atoms with E-state index in [1.54, 1.807) is 17.2 Å². The number of hydrogen-bond acceptors (Lipinski definition) is 9. The molecule has 0 radical (unpaired) electrons. The average molecular weight is 846 g/mol. The first-order valence-corrected chi connectivity index (χ1v) is 22.4. The number of fused-ring (bicyclic) bond motifs is 1. The number of anilines is 1. The zero-order valence-electron chi connectivity index (χ0n) is 34.5. The summed E-state index contributed by atoms with van der Waals surface area (Å²) >= 11 is 6.58. The highest BCUT2D eigenvalue weighted by atomic mass is 35.5. The molecule has 1 atom stereocenters. The van der Waals surface area contributed by atoms with Crippen molar-refractivity contribution in [1.82, 2.24) is 39.8 Å². The molecule has 2 aromatic heterocycles. The summed E-state index contributed by atoms with van der Waals surface area (Å²) in [6.07, 6.45) is 16.6. The summed E-state index contributed by atoms with van der Waals surface area (Å²) in [5.74, 6) is -0.208. The molecule has 2 saturated heterocycles. The topological polar surface area (TPSA) is 166 Å². The van der Waals surface area contributed by atoms with Crippen molar-refractivity contribution >= 4 is 41.4 Å². The second-order valence-corrected chi connectivity index (χ2v) is 18.0. The smallest absolute Gasteiger partial charge is 0.407 e. The van der Waals surface area contributed by atoms with Gasteiger partial charge in [0.15, 0.2) is 0 Å². The number of carbonyl (C=O) groups is 4. The Hall–Kier alpha value is -4.63. The summed E-state index contributed by atoms with van der Waals surface area (Å²) < 4.78 is 16.7. The van der Waals surface area contributed by atoms with Gasteiger partial charge >= 0.3 is 6.09 Å². The molecule has 2 aliphatic carbocycles. The monoisotopic (exact) mass is 845 g/mol. The van der Waals surface area contributed by atoms with E-state index < -0.39 is 23.9 Å². The lowest BCUT2D eigenvalue weighted by Gasteiger charge is -2.35. The van der Waals surface area contributed by atoms with Gasteiger partial charge in [-0.1, -0.05) is 30.9 Å². The third kappa shape index (κ3) is 9.62. The van der Waals surface area contributed by atoms with Gasteiger partial charge in [-0.25, -0.2) is 19.2 Å². The van der Waals surface area contributed by atoms with Gasteiger partial charge in [-0.05, 0) is 132 Å². The fourth-order valence-electron chi connectivity index (χ4n) is 9.91. The van der Waals surface area contributed by atoms with Crippen molar-refractivity contribution in [2.75, 3.05) is 31.5 Å². The molecule has 0 spiro atoms. The fraction of sp³-hybridized carbons (Fsp3) is 0.614. The molecular formula is C44H57ClFN9O5. The fourth-order valence-corrected chi connectivity index (χ4v) is 10.1. The standard InChI is InChI=1S/C44H57ClFN9O5/c1-52-38(21-27-7-8-27)34(24-48-52)40-36(45)25-47-43(51-40)49-30-9-11-31(12-10-30)54(44(59)60)18-6-4-2-3-5-17-53-19-15-28(16-20-53)32-22-29(46)23-33-35(32)26-55(42(33)58)37-13-14-39(56)50-41(37)57/h22-25,27-28,30-31,37H,2-21,26H2,1H3,(H,59,60)(H,47,49,51)(H,50,56,57). The van der Waals surface area contributed by atoms with Gasteiger partial charge in [-0.3, -0.25) is 24.4 Å². The van der Waals surface area contributed by atoms with Crippen LogP contribution < -0.4 is 10.6 Å². The van der Waals surface area contributed by atoms with Crippen molar-refractivity contribution in [3.05, 3.63) is 57.8 Å². The van der Waals surface area contributed by atoms with Gasteiger partial charge in [0.1, 0.15) is 11.9 Å². The summed E-state index contributed by atoms with van der Waals surface area (Å²) in [4.78, 5) is 64.7. The van der Waals surface area contributed by atoms with Crippen LogP contribution in [0.3, 0.4) is 0 Å². The number of carbonyl (C=O) groups excluding carboxylic acids is 3. The number of benzene rings is 1. The Morgan fingerprint density at radius 1 is 0.967 bits per heavy atom. The first kappa shape index (κ1) is 42.1.